The number of thioether (sulfide) groups is 1. The van der Waals surface area contributed by atoms with E-state index in [1.54, 1.807) is 19.2 Å². The van der Waals surface area contributed by atoms with Crippen molar-refractivity contribution in [1.29, 1.82) is 0 Å². The van der Waals surface area contributed by atoms with Crippen molar-refractivity contribution in [3.8, 4) is 5.75 Å². The minimum absolute atomic E-state index is 0.0549. The van der Waals surface area contributed by atoms with Gasteiger partial charge in [-0.2, -0.15) is 0 Å². The Bertz CT molecular complexity index is 651. The van der Waals surface area contributed by atoms with Crippen molar-refractivity contribution >= 4 is 11.8 Å². The van der Waals surface area contributed by atoms with Gasteiger partial charge in [-0.25, -0.2) is 4.39 Å². The Labute approximate surface area is 140 Å². The van der Waals surface area contributed by atoms with Gasteiger partial charge in [0.25, 0.3) is 0 Å². The number of ether oxygens (including phenoxy) is 1. The fraction of sp³-hybridized carbons (Fsp3) is 0.333. The zero-order chi connectivity index (χ0) is 16.8. The van der Waals surface area contributed by atoms with Crippen molar-refractivity contribution in [1.82, 2.24) is 5.32 Å². The predicted octanol–water partition coefficient (Wildman–Crippen LogP) is 3.94. The Morgan fingerprint density at radius 3 is 2.65 bits per heavy atom. The van der Waals surface area contributed by atoms with Gasteiger partial charge in [-0.15, -0.1) is 11.8 Å². The van der Waals surface area contributed by atoms with Crippen molar-refractivity contribution in [2.45, 2.75) is 24.0 Å². The third-order valence-corrected chi connectivity index (χ3v) is 4.54. The molecule has 0 heterocycles. The lowest BCUT2D eigenvalue weighted by atomic mass is 10.1. The average molecular weight is 335 g/mol. The number of methoxy groups -OCH3 is 1. The van der Waals surface area contributed by atoms with Crippen LogP contribution in [0.1, 0.15) is 30.2 Å². The van der Waals surface area contributed by atoms with Gasteiger partial charge in [-0.05, 0) is 48.6 Å². The topological polar surface area (TPSA) is 41.5 Å². The second-order valence-electron chi connectivity index (χ2n) is 5.32. The van der Waals surface area contributed by atoms with Gasteiger partial charge >= 0.3 is 0 Å². The van der Waals surface area contributed by atoms with E-state index in [-0.39, 0.29) is 11.9 Å². The minimum Gasteiger partial charge on any atom is -0.497 e. The summed E-state index contributed by atoms with van der Waals surface area (Å²) in [6.45, 7) is 2.33. The van der Waals surface area contributed by atoms with Crippen LogP contribution >= 0.6 is 11.8 Å². The predicted molar refractivity (Wildman–Crippen MR) is 92.6 cm³/mol. The van der Waals surface area contributed by atoms with Crippen molar-refractivity contribution in [3.05, 3.63) is 59.4 Å². The van der Waals surface area contributed by atoms with E-state index >= 15 is 0 Å². The highest BCUT2D eigenvalue weighted by molar-refractivity contribution is 7.98. The van der Waals surface area contributed by atoms with Crippen molar-refractivity contribution < 1.29 is 14.2 Å². The molecule has 2 N–H and O–H groups in total. The molecule has 0 fully saturated rings. The first-order chi connectivity index (χ1) is 11.0. The fourth-order valence-corrected chi connectivity index (χ4v) is 2.78. The summed E-state index contributed by atoms with van der Waals surface area (Å²) in [5.74, 6) is 0.501. The SMILES string of the molecule is COc1cccc(C(O)CNC(C)c2ccc(SC)c(F)c2)c1. The molecule has 0 saturated carbocycles. The van der Waals surface area contributed by atoms with Gasteiger partial charge in [-0.1, -0.05) is 18.2 Å². The number of nitrogens with one attached hydrogen (secondary N) is 1. The average Bonchev–Trinajstić information content (AvgIpc) is 2.59. The molecule has 3 nitrogen and oxygen atoms in total. The van der Waals surface area contributed by atoms with Crippen molar-refractivity contribution in [2.75, 3.05) is 19.9 Å². The first kappa shape index (κ1) is 17.8. The van der Waals surface area contributed by atoms with E-state index in [4.69, 9.17) is 4.74 Å². The van der Waals surface area contributed by atoms with Crippen LogP contribution in [-0.2, 0) is 0 Å². The molecule has 0 aromatic heterocycles. The molecular formula is C18H22FNO2S. The number of hydrogen-bond acceptors (Lipinski definition) is 4. The molecule has 124 valence electrons. The van der Waals surface area contributed by atoms with E-state index in [0.29, 0.717) is 17.2 Å². The maximum atomic E-state index is 13.8. The van der Waals surface area contributed by atoms with Crippen LogP contribution in [0.3, 0.4) is 0 Å². The summed E-state index contributed by atoms with van der Waals surface area (Å²) in [5, 5.41) is 13.5. The Kier molecular flexibility index (Phi) is 6.45. The molecule has 0 aliphatic carbocycles. The Morgan fingerprint density at radius 1 is 1.22 bits per heavy atom. The molecule has 2 atom stereocenters. The summed E-state index contributed by atoms with van der Waals surface area (Å²) in [7, 11) is 1.60. The molecule has 0 amide bonds. The molecule has 0 spiro atoms. The number of rotatable bonds is 7. The van der Waals surface area contributed by atoms with Gasteiger partial charge in [0.05, 0.1) is 13.2 Å². The minimum atomic E-state index is -0.650. The fourth-order valence-electron chi connectivity index (χ4n) is 2.32. The second kappa shape index (κ2) is 8.34. The quantitative estimate of drug-likeness (QED) is 0.752. The van der Waals surface area contributed by atoms with Crippen LogP contribution < -0.4 is 10.1 Å². The molecule has 5 heteroatoms. The van der Waals surface area contributed by atoms with Crippen LogP contribution in [0.4, 0.5) is 4.39 Å². The van der Waals surface area contributed by atoms with E-state index < -0.39 is 6.10 Å². The maximum absolute atomic E-state index is 13.8. The zero-order valence-corrected chi connectivity index (χ0v) is 14.4. The van der Waals surface area contributed by atoms with E-state index in [1.807, 2.05) is 43.5 Å². The lowest BCUT2D eigenvalue weighted by Crippen LogP contribution is -2.24. The number of halogens is 1. The van der Waals surface area contributed by atoms with Crippen LogP contribution in [0.5, 0.6) is 5.75 Å². The summed E-state index contributed by atoms with van der Waals surface area (Å²) in [5.41, 5.74) is 1.64. The molecule has 0 radical (unpaired) electrons. The van der Waals surface area contributed by atoms with Crippen LogP contribution in [0.25, 0.3) is 0 Å². The summed E-state index contributed by atoms with van der Waals surface area (Å²) in [6, 6.07) is 12.5. The molecular weight excluding hydrogens is 313 g/mol. The molecule has 23 heavy (non-hydrogen) atoms. The second-order valence-corrected chi connectivity index (χ2v) is 6.16. The Balaban J connectivity index is 1.97. The van der Waals surface area contributed by atoms with Crippen LogP contribution in [-0.4, -0.2) is 25.0 Å². The highest BCUT2D eigenvalue weighted by Gasteiger charge is 2.13. The van der Waals surface area contributed by atoms with Gasteiger partial charge in [0.2, 0.25) is 0 Å². The Morgan fingerprint density at radius 2 is 2.00 bits per heavy atom. The van der Waals surface area contributed by atoms with Gasteiger partial charge in [0.1, 0.15) is 11.6 Å². The Hall–Kier alpha value is -1.56. The first-order valence-electron chi connectivity index (χ1n) is 7.44. The normalized spacial score (nSPS) is 13.6. The van der Waals surface area contributed by atoms with E-state index in [0.717, 1.165) is 11.1 Å². The maximum Gasteiger partial charge on any atom is 0.137 e. The molecule has 2 unspecified atom stereocenters. The summed E-state index contributed by atoms with van der Waals surface area (Å²) >= 11 is 1.39. The largest absolute Gasteiger partial charge is 0.497 e. The summed E-state index contributed by atoms with van der Waals surface area (Å²) in [4.78, 5) is 0.636. The first-order valence-corrected chi connectivity index (χ1v) is 8.66. The number of hydrogen-bond donors (Lipinski definition) is 2. The number of aliphatic hydroxyl groups is 1. The molecule has 0 saturated heterocycles. The van der Waals surface area contributed by atoms with E-state index in [1.165, 1.54) is 11.8 Å². The van der Waals surface area contributed by atoms with Crippen LogP contribution in [0.15, 0.2) is 47.4 Å². The lowest BCUT2D eigenvalue weighted by Gasteiger charge is -2.18. The molecule has 2 rings (SSSR count). The summed E-state index contributed by atoms with van der Waals surface area (Å²) in [6.07, 6.45) is 1.20. The highest BCUT2D eigenvalue weighted by atomic mass is 32.2. The zero-order valence-electron chi connectivity index (χ0n) is 13.5. The molecule has 0 aliphatic heterocycles. The van der Waals surface area contributed by atoms with Crippen molar-refractivity contribution in [2.24, 2.45) is 0 Å². The lowest BCUT2D eigenvalue weighted by molar-refractivity contribution is 0.170. The van der Waals surface area contributed by atoms with E-state index in [2.05, 4.69) is 5.32 Å². The highest BCUT2D eigenvalue weighted by Crippen LogP contribution is 2.24. The molecule has 2 aromatic carbocycles. The third-order valence-electron chi connectivity index (χ3n) is 3.77. The molecule has 2 aromatic rings. The van der Waals surface area contributed by atoms with Gasteiger partial charge < -0.3 is 15.2 Å². The number of aliphatic hydroxyl groups excluding tert-OH is 1. The monoisotopic (exact) mass is 335 g/mol. The van der Waals surface area contributed by atoms with Gasteiger partial charge in [-0.3, -0.25) is 0 Å². The molecule has 0 aliphatic rings. The van der Waals surface area contributed by atoms with Crippen molar-refractivity contribution in [3.63, 3.8) is 0 Å². The van der Waals surface area contributed by atoms with Crippen LogP contribution in [0.2, 0.25) is 0 Å². The van der Waals surface area contributed by atoms with Crippen LogP contribution in [0, 0.1) is 5.82 Å². The van der Waals surface area contributed by atoms with Gasteiger partial charge in [0, 0.05) is 17.5 Å². The smallest absolute Gasteiger partial charge is 0.137 e. The number of benzene rings is 2. The van der Waals surface area contributed by atoms with E-state index in [9.17, 15) is 9.50 Å². The third kappa shape index (κ3) is 4.70. The standard InChI is InChI=1S/C18H22FNO2S/c1-12(13-7-8-18(23-3)16(19)10-13)20-11-17(21)14-5-4-6-15(9-14)22-2/h4-10,12,17,20-21H,11H2,1-3H3. The summed E-state index contributed by atoms with van der Waals surface area (Å²) < 4.78 is 19.0. The molecule has 0 bridgehead atoms. The van der Waals surface area contributed by atoms with Gasteiger partial charge in [0.15, 0.2) is 0 Å².